The SMILES string of the molecule is CC[C@@]1(O)CCC[C@@H]2CN(C(=O)C(C)(C)Oc3ccc(C)cc3)C[C@@H]21. The van der Waals surface area contributed by atoms with E-state index in [9.17, 15) is 9.90 Å². The molecule has 1 aliphatic carbocycles. The summed E-state index contributed by atoms with van der Waals surface area (Å²) < 4.78 is 6.01. The van der Waals surface area contributed by atoms with Crippen molar-refractivity contribution >= 4 is 5.91 Å². The summed E-state index contributed by atoms with van der Waals surface area (Å²) in [4.78, 5) is 15.0. The molecule has 2 fully saturated rings. The Morgan fingerprint density at radius 1 is 1.32 bits per heavy atom. The molecule has 1 N–H and O–H groups in total. The lowest BCUT2D eigenvalue weighted by Crippen LogP contribution is -2.49. The maximum Gasteiger partial charge on any atom is 0.266 e. The van der Waals surface area contributed by atoms with Crippen LogP contribution in [0.4, 0.5) is 0 Å². The van der Waals surface area contributed by atoms with Crippen LogP contribution in [-0.4, -0.2) is 40.2 Å². The zero-order valence-corrected chi connectivity index (χ0v) is 15.9. The monoisotopic (exact) mass is 345 g/mol. The summed E-state index contributed by atoms with van der Waals surface area (Å²) in [6.07, 6.45) is 3.78. The Balaban J connectivity index is 1.71. The van der Waals surface area contributed by atoms with Gasteiger partial charge in [0.1, 0.15) is 5.75 Å². The van der Waals surface area contributed by atoms with Gasteiger partial charge in [0.25, 0.3) is 5.91 Å². The van der Waals surface area contributed by atoms with Gasteiger partial charge >= 0.3 is 0 Å². The molecule has 1 saturated heterocycles. The smallest absolute Gasteiger partial charge is 0.266 e. The van der Waals surface area contributed by atoms with Crippen molar-refractivity contribution in [3.8, 4) is 5.75 Å². The van der Waals surface area contributed by atoms with Crippen LogP contribution in [0, 0.1) is 18.8 Å². The van der Waals surface area contributed by atoms with Crippen molar-refractivity contribution in [2.75, 3.05) is 13.1 Å². The van der Waals surface area contributed by atoms with E-state index in [2.05, 4.69) is 6.92 Å². The molecule has 138 valence electrons. The molecule has 4 nitrogen and oxygen atoms in total. The number of hydrogen-bond acceptors (Lipinski definition) is 3. The molecule has 1 heterocycles. The van der Waals surface area contributed by atoms with Gasteiger partial charge in [0, 0.05) is 19.0 Å². The van der Waals surface area contributed by atoms with Gasteiger partial charge in [-0.1, -0.05) is 31.0 Å². The van der Waals surface area contributed by atoms with E-state index in [1.165, 1.54) is 5.56 Å². The number of rotatable bonds is 4. The van der Waals surface area contributed by atoms with Gasteiger partial charge in [-0.3, -0.25) is 4.79 Å². The second kappa shape index (κ2) is 6.64. The van der Waals surface area contributed by atoms with Crippen LogP contribution in [0.5, 0.6) is 5.75 Å². The zero-order chi connectivity index (χ0) is 18.2. The van der Waals surface area contributed by atoms with E-state index in [0.29, 0.717) is 18.2 Å². The quantitative estimate of drug-likeness (QED) is 0.908. The molecule has 4 heteroatoms. The third-order valence-corrected chi connectivity index (χ3v) is 6.12. The van der Waals surface area contributed by atoms with E-state index in [1.807, 2.05) is 49.9 Å². The number of carbonyl (C=O) groups is 1. The van der Waals surface area contributed by atoms with E-state index in [4.69, 9.17) is 4.74 Å². The Labute approximate surface area is 151 Å². The summed E-state index contributed by atoms with van der Waals surface area (Å²) in [5.41, 5.74) is -0.355. The van der Waals surface area contributed by atoms with Gasteiger partial charge in [-0.2, -0.15) is 0 Å². The van der Waals surface area contributed by atoms with Gasteiger partial charge in [-0.05, 0) is 58.1 Å². The maximum atomic E-state index is 13.1. The Hall–Kier alpha value is -1.55. The minimum Gasteiger partial charge on any atom is -0.478 e. The highest BCUT2D eigenvalue weighted by atomic mass is 16.5. The molecule has 2 aliphatic rings. The number of aryl methyl sites for hydroxylation is 1. The van der Waals surface area contributed by atoms with E-state index in [-0.39, 0.29) is 11.8 Å². The number of carbonyl (C=O) groups excluding carboxylic acids is 1. The summed E-state index contributed by atoms with van der Waals surface area (Å²) in [5, 5.41) is 10.9. The molecular weight excluding hydrogens is 314 g/mol. The maximum absolute atomic E-state index is 13.1. The number of nitrogens with zero attached hydrogens (tertiary/aromatic N) is 1. The Morgan fingerprint density at radius 2 is 2.00 bits per heavy atom. The van der Waals surface area contributed by atoms with E-state index < -0.39 is 11.2 Å². The minimum absolute atomic E-state index is 0.0147. The van der Waals surface area contributed by atoms with Crippen LogP contribution in [0.15, 0.2) is 24.3 Å². The molecule has 0 spiro atoms. The van der Waals surface area contributed by atoms with E-state index in [1.54, 1.807) is 0 Å². The van der Waals surface area contributed by atoms with Crippen molar-refractivity contribution in [1.29, 1.82) is 0 Å². The first-order chi connectivity index (χ1) is 11.7. The topological polar surface area (TPSA) is 49.8 Å². The number of aliphatic hydroxyl groups is 1. The Bertz CT molecular complexity index is 625. The fraction of sp³-hybridized carbons (Fsp3) is 0.667. The molecule has 0 aromatic heterocycles. The van der Waals surface area contributed by atoms with Crippen molar-refractivity contribution in [1.82, 2.24) is 4.90 Å². The lowest BCUT2D eigenvalue weighted by molar-refractivity contribution is -0.145. The lowest BCUT2D eigenvalue weighted by atomic mass is 9.69. The molecule has 0 radical (unpaired) electrons. The molecule has 1 saturated carbocycles. The fourth-order valence-corrected chi connectivity index (χ4v) is 4.56. The first kappa shape index (κ1) is 18.2. The van der Waals surface area contributed by atoms with Crippen LogP contribution >= 0.6 is 0 Å². The summed E-state index contributed by atoms with van der Waals surface area (Å²) in [6.45, 7) is 9.14. The summed E-state index contributed by atoms with van der Waals surface area (Å²) in [5.74, 6) is 1.34. The first-order valence-corrected chi connectivity index (χ1v) is 9.52. The molecule has 3 rings (SSSR count). The summed E-state index contributed by atoms with van der Waals surface area (Å²) in [7, 11) is 0. The number of amides is 1. The van der Waals surface area contributed by atoms with Crippen molar-refractivity contribution in [3.05, 3.63) is 29.8 Å². The largest absolute Gasteiger partial charge is 0.478 e. The number of fused-ring (bicyclic) bond motifs is 1. The first-order valence-electron chi connectivity index (χ1n) is 9.52. The van der Waals surface area contributed by atoms with Gasteiger partial charge in [0.15, 0.2) is 5.60 Å². The summed E-state index contributed by atoms with van der Waals surface area (Å²) >= 11 is 0. The normalized spacial score (nSPS) is 29.4. The van der Waals surface area contributed by atoms with Gasteiger partial charge in [-0.25, -0.2) is 0 Å². The predicted molar refractivity (Wildman–Crippen MR) is 98.5 cm³/mol. The van der Waals surface area contributed by atoms with Crippen LogP contribution in [0.1, 0.15) is 52.0 Å². The number of benzene rings is 1. The highest BCUT2D eigenvalue weighted by Crippen LogP contribution is 2.44. The van der Waals surface area contributed by atoms with Crippen LogP contribution in [-0.2, 0) is 4.79 Å². The molecule has 3 atom stereocenters. The van der Waals surface area contributed by atoms with Crippen molar-refractivity contribution < 1.29 is 14.6 Å². The van der Waals surface area contributed by atoms with Gasteiger partial charge in [-0.15, -0.1) is 0 Å². The number of likely N-dealkylation sites (tertiary alicyclic amines) is 1. The molecule has 1 aromatic carbocycles. The molecule has 1 aliphatic heterocycles. The summed E-state index contributed by atoms with van der Waals surface area (Å²) in [6, 6.07) is 7.79. The third-order valence-electron chi connectivity index (χ3n) is 6.12. The number of hydrogen-bond donors (Lipinski definition) is 1. The van der Waals surface area contributed by atoms with E-state index >= 15 is 0 Å². The van der Waals surface area contributed by atoms with E-state index in [0.717, 1.165) is 32.2 Å². The molecular formula is C21H31NO3. The van der Waals surface area contributed by atoms with Gasteiger partial charge < -0.3 is 14.7 Å². The highest BCUT2D eigenvalue weighted by Gasteiger charge is 2.50. The van der Waals surface area contributed by atoms with Crippen molar-refractivity contribution in [3.63, 3.8) is 0 Å². The predicted octanol–water partition coefficient (Wildman–Crippen LogP) is 3.55. The highest BCUT2D eigenvalue weighted by molar-refractivity contribution is 5.85. The molecule has 0 bridgehead atoms. The Morgan fingerprint density at radius 3 is 2.64 bits per heavy atom. The second-order valence-electron chi connectivity index (χ2n) is 8.35. The minimum atomic E-state index is -0.910. The molecule has 1 aromatic rings. The average molecular weight is 345 g/mol. The van der Waals surface area contributed by atoms with Gasteiger partial charge in [0.05, 0.1) is 5.60 Å². The lowest BCUT2D eigenvalue weighted by Gasteiger charge is -2.40. The van der Waals surface area contributed by atoms with Crippen molar-refractivity contribution in [2.45, 2.75) is 64.6 Å². The van der Waals surface area contributed by atoms with Crippen LogP contribution in [0.3, 0.4) is 0 Å². The average Bonchev–Trinajstić information content (AvgIpc) is 3.02. The standard InChI is InChI=1S/C21H31NO3/c1-5-21(24)12-6-7-16-13-22(14-18(16)21)19(23)20(3,4)25-17-10-8-15(2)9-11-17/h8-11,16,18,24H,5-7,12-14H2,1-4H3/t16-,18+,21-/m1/s1. The van der Waals surface area contributed by atoms with Crippen LogP contribution in [0.2, 0.25) is 0 Å². The van der Waals surface area contributed by atoms with Crippen LogP contribution < -0.4 is 4.74 Å². The Kier molecular flexibility index (Phi) is 4.84. The van der Waals surface area contributed by atoms with Gasteiger partial charge in [0.2, 0.25) is 0 Å². The van der Waals surface area contributed by atoms with Crippen molar-refractivity contribution in [2.24, 2.45) is 11.8 Å². The molecule has 25 heavy (non-hydrogen) atoms. The molecule has 1 amide bonds. The second-order valence-corrected chi connectivity index (χ2v) is 8.35. The fourth-order valence-electron chi connectivity index (χ4n) is 4.56. The van der Waals surface area contributed by atoms with Crippen LogP contribution in [0.25, 0.3) is 0 Å². The number of ether oxygens (including phenoxy) is 1. The zero-order valence-electron chi connectivity index (χ0n) is 15.9. The third kappa shape index (κ3) is 3.55. The molecule has 0 unspecified atom stereocenters.